The summed E-state index contributed by atoms with van der Waals surface area (Å²) >= 11 is 0. The summed E-state index contributed by atoms with van der Waals surface area (Å²) in [5.74, 6) is -0.191. The molecule has 1 fully saturated rings. The Labute approximate surface area is 104 Å². The van der Waals surface area contributed by atoms with Crippen LogP contribution in [-0.4, -0.2) is 30.5 Å². The minimum absolute atomic E-state index is 0.113. The fraction of sp³-hybridized carbons (Fsp3) is 0.417. The van der Waals surface area contributed by atoms with Gasteiger partial charge in [0.15, 0.2) is 6.10 Å². The number of cyclic esters (lactones) is 1. The molecule has 1 aromatic rings. The first-order chi connectivity index (χ1) is 8.56. The van der Waals surface area contributed by atoms with E-state index in [2.05, 4.69) is 5.32 Å². The molecule has 0 saturated carbocycles. The second kappa shape index (κ2) is 5.22. The van der Waals surface area contributed by atoms with Crippen LogP contribution < -0.4 is 10.1 Å². The monoisotopic (exact) mass is 255 g/mol. The number of hydrogen-bond acceptors (Lipinski definition) is 4. The van der Waals surface area contributed by atoms with Crippen molar-refractivity contribution in [1.29, 1.82) is 0 Å². The first kappa shape index (κ1) is 12.6. The number of rotatable bonds is 4. The van der Waals surface area contributed by atoms with Crippen molar-refractivity contribution in [1.82, 2.24) is 5.32 Å². The van der Waals surface area contributed by atoms with Crippen LogP contribution in [0.2, 0.25) is 0 Å². The van der Waals surface area contributed by atoms with Gasteiger partial charge in [-0.05, 0) is 19.1 Å². The molecule has 6 heteroatoms. The molecule has 98 valence electrons. The van der Waals surface area contributed by atoms with Crippen molar-refractivity contribution in [2.45, 2.75) is 19.1 Å². The maximum atomic E-state index is 13.1. The topological polar surface area (TPSA) is 67.8 Å². The predicted octanol–water partition coefficient (Wildman–Crippen LogP) is 1.37. The number of amides is 1. The van der Waals surface area contributed by atoms with E-state index in [0.717, 1.165) is 0 Å². The van der Waals surface area contributed by atoms with Gasteiger partial charge in [-0.25, -0.2) is 9.18 Å². The minimum atomic E-state index is -0.759. The van der Waals surface area contributed by atoms with Crippen LogP contribution in [0.25, 0.3) is 0 Å². The summed E-state index contributed by atoms with van der Waals surface area (Å²) in [4.78, 5) is 10.8. The van der Waals surface area contributed by atoms with E-state index in [1.54, 1.807) is 6.92 Å². The van der Waals surface area contributed by atoms with Crippen molar-refractivity contribution in [3.05, 3.63) is 29.6 Å². The maximum absolute atomic E-state index is 13.1. The zero-order valence-electron chi connectivity index (χ0n) is 9.85. The first-order valence-electron chi connectivity index (χ1n) is 5.61. The van der Waals surface area contributed by atoms with Gasteiger partial charge in [-0.3, -0.25) is 0 Å². The SMILES string of the molecule is CC(O)c1ccc(F)cc1OCC1CNC(=O)O1. The van der Waals surface area contributed by atoms with Gasteiger partial charge in [-0.1, -0.05) is 0 Å². The highest BCUT2D eigenvalue weighted by Crippen LogP contribution is 2.26. The summed E-state index contributed by atoms with van der Waals surface area (Å²) in [7, 11) is 0. The van der Waals surface area contributed by atoms with Gasteiger partial charge in [0.2, 0.25) is 0 Å². The molecular formula is C12H14FNO4. The summed E-state index contributed by atoms with van der Waals surface area (Å²) in [6, 6.07) is 3.92. The molecule has 0 aromatic heterocycles. The molecule has 0 bridgehead atoms. The first-order valence-corrected chi connectivity index (χ1v) is 5.61. The zero-order chi connectivity index (χ0) is 13.1. The summed E-state index contributed by atoms with van der Waals surface area (Å²) in [5.41, 5.74) is 0.494. The molecule has 0 radical (unpaired) electrons. The third kappa shape index (κ3) is 2.89. The van der Waals surface area contributed by atoms with Gasteiger partial charge in [0.25, 0.3) is 0 Å². The van der Waals surface area contributed by atoms with Crippen molar-refractivity contribution in [2.24, 2.45) is 0 Å². The Morgan fingerprint density at radius 3 is 3.06 bits per heavy atom. The molecule has 1 aromatic carbocycles. The highest BCUT2D eigenvalue weighted by molar-refractivity contribution is 5.69. The summed E-state index contributed by atoms with van der Waals surface area (Å²) < 4.78 is 23.4. The molecule has 0 spiro atoms. The molecular weight excluding hydrogens is 241 g/mol. The van der Waals surface area contributed by atoms with E-state index in [-0.39, 0.29) is 12.4 Å². The lowest BCUT2D eigenvalue weighted by atomic mass is 10.1. The molecule has 2 unspecified atom stereocenters. The number of aliphatic hydroxyl groups excluding tert-OH is 1. The highest BCUT2D eigenvalue weighted by Gasteiger charge is 2.23. The molecule has 1 heterocycles. The molecule has 1 aliphatic heterocycles. The number of benzene rings is 1. The molecule has 1 amide bonds. The number of alkyl carbamates (subject to hydrolysis) is 1. The van der Waals surface area contributed by atoms with E-state index in [0.29, 0.717) is 12.1 Å². The second-order valence-corrected chi connectivity index (χ2v) is 4.08. The van der Waals surface area contributed by atoms with Crippen LogP contribution in [0.15, 0.2) is 18.2 Å². The molecule has 2 rings (SSSR count). The Bertz CT molecular complexity index is 450. The van der Waals surface area contributed by atoms with Crippen LogP contribution in [0.5, 0.6) is 5.75 Å². The Balaban J connectivity index is 2.03. The number of carbonyl (C=O) groups excluding carboxylic acids is 1. The fourth-order valence-electron chi connectivity index (χ4n) is 1.69. The molecule has 5 nitrogen and oxygen atoms in total. The fourth-order valence-corrected chi connectivity index (χ4v) is 1.69. The normalized spacial score (nSPS) is 20.2. The Kier molecular flexibility index (Phi) is 3.66. The van der Waals surface area contributed by atoms with E-state index in [1.165, 1.54) is 18.2 Å². The lowest BCUT2D eigenvalue weighted by molar-refractivity contribution is 0.102. The van der Waals surface area contributed by atoms with Crippen LogP contribution in [0, 0.1) is 5.82 Å². The Hall–Kier alpha value is -1.82. The average Bonchev–Trinajstić information content (AvgIpc) is 2.72. The van der Waals surface area contributed by atoms with Gasteiger partial charge in [-0.15, -0.1) is 0 Å². The second-order valence-electron chi connectivity index (χ2n) is 4.08. The van der Waals surface area contributed by atoms with Crippen LogP contribution in [0.1, 0.15) is 18.6 Å². The van der Waals surface area contributed by atoms with Crippen LogP contribution in [-0.2, 0) is 4.74 Å². The molecule has 1 saturated heterocycles. The molecule has 18 heavy (non-hydrogen) atoms. The van der Waals surface area contributed by atoms with Crippen LogP contribution in [0.3, 0.4) is 0 Å². The van der Waals surface area contributed by atoms with Gasteiger partial charge >= 0.3 is 6.09 Å². The lowest BCUT2D eigenvalue weighted by Gasteiger charge is -2.15. The number of carbonyl (C=O) groups is 1. The van der Waals surface area contributed by atoms with Crippen LogP contribution >= 0.6 is 0 Å². The van der Waals surface area contributed by atoms with E-state index < -0.39 is 24.1 Å². The molecule has 1 aliphatic rings. The van der Waals surface area contributed by atoms with Gasteiger partial charge in [0.05, 0.1) is 12.6 Å². The number of nitrogens with one attached hydrogen (secondary N) is 1. The lowest BCUT2D eigenvalue weighted by Crippen LogP contribution is -2.22. The zero-order valence-corrected chi connectivity index (χ0v) is 9.85. The quantitative estimate of drug-likeness (QED) is 0.852. The number of aliphatic hydroxyl groups is 1. The third-order valence-corrected chi connectivity index (χ3v) is 2.60. The van der Waals surface area contributed by atoms with Gasteiger partial charge in [0, 0.05) is 11.6 Å². The van der Waals surface area contributed by atoms with Gasteiger partial charge < -0.3 is 19.9 Å². The van der Waals surface area contributed by atoms with E-state index >= 15 is 0 Å². The maximum Gasteiger partial charge on any atom is 0.407 e. The minimum Gasteiger partial charge on any atom is -0.489 e. The predicted molar refractivity (Wildman–Crippen MR) is 60.8 cm³/mol. The number of halogens is 1. The van der Waals surface area contributed by atoms with Crippen molar-refractivity contribution in [3.63, 3.8) is 0 Å². The smallest absolute Gasteiger partial charge is 0.407 e. The average molecular weight is 255 g/mol. The summed E-state index contributed by atoms with van der Waals surface area (Å²) in [5, 5.41) is 12.0. The largest absolute Gasteiger partial charge is 0.489 e. The highest BCUT2D eigenvalue weighted by atomic mass is 19.1. The standard InChI is InChI=1S/C12H14FNO4/c1-7(15)10-3-2-8(13)4-11(10)17-6-9-5-14-12(16)18-9/h2-4,7,9,15H,5-6H2,1H3,(H,14,16). The number of ether oxygens (including phenoxy) is 2. The number of hydrogen-bond donors (Lipinski definition) is 2. The van der Waals surface area contributed by atoms with Crippen molar-refractivity contribution in [3.8, 4) is 5.75 Å². The van der Waals surface area contributed by atoms with E-state index in [1.807, 2.05) is 0 Å². The third-order valence-electron chi connectivity index (χ3n) is 2.60. The van der Waals surface area contributed by atoms with Crippen molar-refractivity contribution >= 4 is 6.09 Å². The van der Waals surface area contributed by atoms with Crippen LogP contribution in [0.4, 0.5) is 9.18 Å². The van der Waals surface area contributed by atoms with Gasteiger partial charge in [0.1, 0.15) is 18.2 Å². The molecule has 2 N–H and O–H groups in total. The summed E-state index contributed by atoms with van der Waals surface area (Å²) in [6.07, 6.45) is -1.65. The van der Waals surface area contributed by atoms with Crippen molar-refractivity contribution < 1.29 is 23.8 Å². The van der Waals surface area contributed by atoms with Crippen molar-refractivity contribution in [2.75, 3.05) is 13.2 Å². The Morgan fingerprint density at radius 1 is 1.67 bits per heavy atom. The Morgan fingerprint density at radius 2 is 2.44 bits per heavy atom. The molecule has 0 aliphatic carbocycles. The van der Waals surface area contributed by atoms with E-state index in [9.17, 15) is 14.3 Å². The van der Waals surface area contributed by atoms with Gasteiger partial charge in [-0.2, -0.15) is 0 Å². The molecule has 2 atom stereocenters. The van der Waals surface area contributed by atoms with E-state index in [4.69, 9.17) is 9.47 Å². The summed E-state index contributed by atoms with van der Waals surface area (Å²) in [6.45, 7) is 2.04.